The highest BCUT2D eigenvalue weighted by atomic mass is 32.2. The number of hydrogen-bond donors (Lipinski definition) is 3. The Kier molecular flexibility index (Phi) is 11.6. The minimum atomic E-state index is -3.72. The highest BCUT2D eigenvalue weighted by molar-refractivity contribution is 7.92. The van der Waals surface area contributed by atoms with E-state index in [-0.39, 0.29) is 29.4 Å². The van der Waals surface area contributed by atoms with Crippen LogP contribution in [0.15, 0.2) is 97.3 Å². The maximum Gasteiger partial charge on any atom is 0.251 e. The van der Waals surface area contributed by atoms with Crippen molar-refractivity contribution < 1.29 is 27.9 Å². The van der Waals surface area contributed by atoms with Crippen LogP contribution in [0.5, 0.6) is 5.75 Å². The third kappa shape index (κ3) is 9.53. The quantitative estimate of drug-likeness (QED) is 0.186. The molecular formula is C35H41N5O6S. The lowest BCUT2D eigenvalue weighted by Crippen LogP contribution is -2.49. The van der Waals surface area contributed by atoms with Crippen LogP contribution in [0.1, 0.15) is 44.8 Å². The summed E-state index contributed by atoms with van der Waals surface area (Å²) in [5, 5.41) is 17.3. The van der Waals surface area contributed by atoms with Gasteiger partial charge in [0.15, 0.2) is 0 Å². The zero-order valence-corrected chi connectivity index (χ0v) is 27.9. The smallest absolute Gasteiger partial charge is 0.251 e. The molecule has 248 valence electrons. The highest BCUT2D eigenvalue weighted by Crippen LogP contribution is 2.23. The Morgan fingerprint density at radius 3 is 2.06 bits per heavy atom. The molecule has 3 aromatic carbocycles. The molecule has 12 heteroatoms. The number of likely N-dealkylation sites (N-methyl/N-ethyl adjacent to an activating group) is 1. The Balaban J connectivity index is 1.63. The molecule has 4 rings (SSSR count). The van der Waals surface area contributed by atoms with Gasteiger partial charge < -0.3 is 25.4 Å². The summed E-state index contributed by atoms with van der Waals surface area (Å²) in [4.78, 5) is 33.3. The van der Waals surface area contributed by atoms with Crippen LogP contribution in [-0.4, -0.2) is 76.5 Å². The van der Waals surface area contributed by atoms with Crippen LogP contribution in [0.4, 0.5) is 11.4 Å². The summed E-state index contributed by atoms with van der Waals surface area (Å²) in [6, 6.07) is 23.8. The number of pyridine rings is 1. The molecule has 11 nitrogen and oxygen atoms in total. The average Bonchev–Trinajstić information content (AvgIpc) is 3.07. The number of nitrogens with zero attached hydrogens (tertiary/aromatic N) is 3. The van der Waals surface area contributed by atoms with Crippen LogP contribution in [0, 0.1) is 0 Å². The molecule has 0 aliphatic carbocycles. The molecule has 0 saturated heterocycles. The maximum absolute atomic E-state index is 13.9. The first-order valence-electron chi connectivity index (χ1n) is 15.0. The van der Waals surface area contributed by atoms with Crippen LogP contribution >= 0.6 is 0 Å². The van der Waals surface area contributed by atoms with Gasteiger partial charge in [-0.1, -0.05) is 60.7 Å². The fraction of sp³-hybridized carbons (Fsp3) is 0.286. The summed E-state index contributed by atoms with van der Waals surface area (Å²) in [6.07, 6.45) is 3.54. The summed E-state index contributed by atoms with van der Waals surface area (Å²) in [6.45, 7) is 1.98. The molecule has 47 heavy (non-hydrogen) atoms. The van der Waals surface area contributed by atoms with Crippen molar-refractivity contribution in [3.63, 3.8) is 0 Å². The first-order valence-corrected chi connectivity index (χ1v) is 16.9. The number of amides is 2. The molecule has 3 atom stereocenters. The Labute approximate surface area is 276 Å². The average molecular weight is 660 g/mol. The van der Waals surface area contributed by atoms with Gasteiger partial charge in [0.25, 0.3) is 11.8 Å². The molecule has 0 radical (unpaired) electrons. The van der Waals surface area contributed by atoms with Crippen molar-refractivity contribution >= 4 is 33.2 Å². The lowest BCUT2D eigenvalue weighted by Gasteiger charge is -2.29. The van der Waals surface area contributed by atoms with E-state index in [2.05, 4.69) is 15.6 Å². The van der Waals surface area contributed by atoms with E-state index < -0.39 is 34.0 Å². The van der Waals surface area contributed by atoms with E-state index in [1.807, 2.05) is 72.5 Å². The number of benzene rings is 3. The van der Waals surface area contributed by atoms with Crippen molar-refractivity contribution in [1.82, 2.24) is 15.6 Å². The first-order chi connectivity index (χ1) is 22.3. The van der Waals surface area contributed by atoms with Crippen molar-refractivity contribution in [2.75, 3.05) is 43.2 Å². The lowest BCUT2D eigenvalue weighted by molar-refractivity contribution is 0.0843. The largest absolute Gasteiger partial charge is 0.495 e. The minimum absolute atomic E-state index is 0.0612. The fourth-order valence-electron chi connectivity index (χ4n) is 5.00. The van der Waals surface area contributed by atoms with Gasteiger partial charge in [0.1, 0.15) is 5.75 Å². The SMILES string of the molecule is COc1cncc(N(C)C[C@@H](O)[C@H](Cc2ccccc2)NC(=O)c2cc(C(=O)N[C@H](C)c3ccccc3)cc(N(C)S(C)(=O)=O)c2)c1. The Hall–Kier alpha value is -4.94. The monoisotopic (exact) mass is 659 g/mol. The van der Waals surface area contributed by atoms with Crippen LogP contribution in [0.25, 0.3) is 0 Å². The number of hydrogen-bond acceptors (Lipinski definition) is 8. The molecule has 2 amide bonds. The minimum Gasteiger partial charge on any atom is -0.495 e. The fourth-order valence-corrected chi connectivity index (χ4v) is 5.48. The van der Waals surface area contributed by atoms with Crippen molar-refractivity contribution in [2.45, 2.75) is 31.5 Å². The van der Waals surface area contributed by atoms with Gasteiger partial charge in [0.05, 0.1) is 55.3 Å². The third-order valence-corrected chi connectivity index (χ3v) is 9.07. The number of methoxy groups -OCH3 is 1. The molecule has 3 N–H and O–H groups in total. The first kappa shape index (κ1) is 34.9. The van der Waals surface area contributed by atoms with E-state index in [9.17, 15) is 23.1 Å². The molecule has 4 aromatic rings. The zero-order valence-electron chi connectivity index (χ0n) is 27.1. The number of aromatic nitrogens is 1. The van der Waals surface area contributed by atoms with Crippen molar-refractivity contribution in [3.05, 3.63) is 120 Å². The molecular weight excluding hydrogens is 618 g/mol. The Bertz CT molecular complexity index is 1770. The number of nitrogens with one attached hydrogen (secondary N) is 2. The number of rotatable bonds is 14. The van der Waals surface area contributed by atoms with Gasteiger partial charge in [-0.05, 0) is 42.7 Å². The van der Waals surface area contributed by atoms with Gasteiger partial charge in [0.2, 0.25) is 10.0 Å². The van der Waals surface area contributed by atoms with Crippen molar-refractivity contribution in [2.24, 2.45) is 0 Å². The molecule has 1 heterocycles. The lowest BCUT2D eigenvalue weighted by atomic mass is 9.99. The van der Waals surface area contributed by atoms with Gasteiger partial charge in [-0.15, -0.1) is 0 Å². The summed E-state index contributed by atoms with van der Waals surface area (Å²) < 4.78 is 31.2. The van der Waals surface area contributed by atoms with Crippen molar-refractivity contribution in [3.8, 4) is 5.75 Å². The van der Waals surface area contributed by atoms with Gasteiger partial charge >= 0.3 is 0 Å². The number of anilines is 2. The number of sulfonamides is 1. The Morgan fingerprint density at radius 1 is 0.872 bits per heavy atom. The zero-order chi connectivity index (χ0) is 34.1. The second-order valence-corrected chi connectivity index (χ2v) is 13.4. The molecule has 0 aliphatic rings. The van der Waals surface area contributed by atoms with E-state index >= 15 is 0 Å². The van der Waals surface area contributed by atoms with Gasteiger partial charge in [0, 0.05) is 37.8 Å². The molecule has 0 bridgehead atoms. The van der Waals surface area contributed by atoms with Crippen molar-refractivity contribution in [1.29, 1.82) is 0 Å². The summed E-state index contributed by atoms with van der Waals surface area (Å²) in [7, 11) is 0.977. The molecule has 0 fully saturated rings. The van der Waals surface area contributed by atoms with Gasteiger partial charge in [-0.3, -0.25) is 18.9 Å². The van der Waals surface area contributed by atoms with E-state index in [1.54, 1.807) is 32.6 Å². The van der Waals surface area contributed by atoms with Crippen LogP contribution in [0.2, 0.25) is 0 Å². The topological polar surface area (TPSA) is 141 Å². The highest BCUT2D eigenvalue weighted by Gasteiger charge is 2.26. The number of aliphatic hydroxyl groups is 1. The summed E-state index contributed by atoms with van der Waals surface area (Å²) in [5.74, 6) is -0.493. The number of aliphatic hydroxyl groups excluding tert-OH is 1. The summed E-state index contributed by atoms with van der Waals surface area (Å²) in [5.41, 5.74) is 2.80. The van der Waals surface area contributed by atoms with Crippen LogP contribution < -0.4 is 24.6 Å². The van der Waals surface area contributed by atoms with E-state index in [1.165, 1.54) is 25.2 Å². The number of carbonyl (C=O) groups is 2. The van der Waals surface area contributed by atoms with Gasteiger partial charge in [-0.2, -0.15) is 0 Å². The van der Waals surface area contributed by atoms with E-state index in [0.29, 0.717) is 17.9 Å². The van der Waals surface area contributed by atoms with Crippen LogP contribution in [-0.2, 0) is 16.4 Å². The second-order valence-electron chi connectivity index (χ2n) is 11.4. The molecule has 0 saturated carbocycles. The van der Waals surface area contributed by atoms with Gasteiger partial charge in [-0.25, -0.2) is 8.42 Å². The predicted octanol–water partition coefficient (Wildman–Crippen LogP) is 3.82. The molecule has 0 spiro atoms. The van der Waals surface area contributed by atoms with E-state index in [0.717, 1.165) is 21.7 Å². The summed E-state index contributed by atoms with van der Waals surface area (Å²) >= 11 is 0. The predicted molar refractivity (Wildman–Crippen MR) is 183 cm³/mol. The third-order valence-electron chi connectivity index (χ3n) is 7.87. The molecule has 1 aromatic heterocycles. The number of ether oxygens (including phenoxy) is 1. The maximum atomic E-state index is 13.9. The normalized spacial score (nSPS) is 13.1. The Morgan fingerprint density at radius 2 is 1.47 bits per heavy atom. The van der Waals surface area contributed by atoms with E-state index in [4.69, 9.17) is 4.74 Å². The molecule has 0 unspecified atom stereocenters. The molecule has 0 aliphatic heterocycles. The number of carbonyl (C=O) groups excluding carboxylic acids is 2. The second kappa shape index (κ2) is 15.6. The van der Waals surface area contributed by atoms with Crippen LogP contribution in [0.3, 0.4) is 0 Å². The standard InChI is InChI=1S/C35H41N5O6S/c1-24(26-14-10-7-11-15-26)37-34(42)27-17-28(19-29(18-27)40(3)47(5,44)45)35(43)38-32(16-25-12-8-6-9-13-25)33(41)23-39(2)30-20-31(46-4)22-36-21-30/h6-15,17-22,24,32-33,41H,16,23H2,1-5H3,(H,37,42)(H,38,43)/t24-,32+,33-/m1/s1.